The van der Waals surface area contributed by atoms with Crippen LogP contribution < -0.4 is 15.5 Å². The van der Waals surface area contributed by atoms with Gasteiger partial charge in [0.05, 0.1) is 11.4 Å². The van der Waals surface area contributed by atoms with Gasteiger partial charge in [-0.3, -0.25) is 19.5 Å². The van der Waals surface area contributed by atoms with Crippen LogP contribution in [-0.4, -0.2) is 36.3 Å². The highest BCUT2D eigenvalue weighted by atomic mass is 79.9. The Morgan fingerprint density at radius 2 is 1.55 bits per heavy atom. The first kappa shape index (κ1) is 24.4. The van der Waals surface area contributed by atoms with Gasteiger partial charge in [-0.1, -0.05) is 66.7 Å². The molecule has 1 atom stereocenters. The Balaban J connectivity index is 0.00000306. The predicted octanol–water partition coefficient (Wildman–Crippen LogP) is 4.17. The molecule has 7 heteroatoms. The summed E-state index contributed by atoms with van der Waals surface area (Å²) in [7, 11) is 0. The molecule has 1 heterocycles. The lowest BCUT2D eigenvalue weighted by Crippen LogP contribution is -2.49. The highest BCUT2D eigenvalue weighted by Gasteiger charge is 2.32. The molecule has 0 saturated carbocycles. The van der Waals surface area contributed by atoms with Gasteiger partial charge in [-0.2, -0.15) is 0 Å². The molecule has 0 spiro atoms. The van der Waals surface area contributed by atoms with Crippen molar-refractivity contribution in [3.05, 3.63) is 96.1 Å². The number of halogens is 1. The van der Waals surface area contributed by atoms with Crippen LogP contribution in [0.1, 0.15) is 25.0 Å². The van der Waals surface area contributed by atoms with Gasteiger partial charge < -0.3 is 10.6 Å². The number of nitrogens with two attached hydrogens (primary N) is 1. The molecule has 4 rings (SSSR count). The largest absolute Gasteiger partial charge is 0.308 e. The van der Waals surface area contributed by atoms with Crippen molar-refractivity contribution >= 4 is 45.9 Å². The number of nitrogens with zero attached hydrogens (tertiary/aromatic N) is 3. The van der Waals surface area contributed by atoms with Crippen molar-refractivity contribution in [2.75, 3.05) is 16.3 Å². The topological polar surface area (TPSA) is 79.0 Å². The summed E-state index contributed by atoms with van der Waals surface area (Å²) >= 11 is 0. The van der Waals surface area contributed by atoms with Crippen molar-refractivity contribution < 1.29 is 9.59 Å². The molecule has 0 fully saturated rings. The average molecular weight is 507 g/mol. The number of carbonyl (C=O) groups is 2. The summed E-state index contributed by atoms with van der Waals surface area (Å²) in [6, 6.07) is 26.5. The first-order valence-electron chi connectivity index (χ1n) is 10.6. The van der Waals surface area contributed by atoms with E-state index >= 15 is 0 Å². The molecule has 0 aromatic heterocycles. The summed E-state index contributed by atoms with van der Waals surface area (Å²) in [5.74, 6) is -0.599. The molecule has 1 aliphatic heterocycles. The number of benzodiazepines with no additional fused rings is 1. The van der Waals surface area contributed by atoms with Gasteiger partial charge in [-0.25, -0.2) is 0 Å². The van der Waals surface area contributed by atoms with E-state index in [1.807, 2.05) is 98.8 Å². The minimum atomic E-state index is -1.10. The van der Waals surface area contributed by atoms with E-state index in [0.29, 0.717) is 11.4 Å². The second kappa shape index (κ2) is 10.6. The molecule has 0 radical (unpaired) electrons. The molecule has 3 aromatic carbocycles. The molecule has 2 N–H and O–H groups in total. The van der Waals surface area contributed by atoms with Crippen molar-refractivity contribution in [2.45, 2.75) is 26.1 Å². The van der Waals surface area contributed by atoms with Crippen LogP contribution in [0.2, 0.25) is 0 Å². The van der Waals surface area contributed by atoms with Gasteiger partial charge in [0.15, 0.2) is 6.17 Å². The van der Waals surface area contributed by atoms with Crippen molar-refractivity contribution in [1.29, 1.82) is 0 Å². The standard InChI is InChI=1S/C26H26N4O2.BrH/c1-18(2)30(20-13-7-4-8-14-20)23(31)17-29-22-16-10-9-15-21(22)24(28-25(27)26(29)32)19-11-5-3-6-12-19;/h3-16,18,25H,17,27H2,1-2H3;1H/t25-;/m0./s1. The summed E-state index contributed by atoms with van der Waals surface area (Å²) in [6.45, 7) is 3.77. The number of carbonyl (C=O) groups excluding carboxylic acids is 2. The van der Waals surface area contributed by atoms with Crippen LogP contribution in [0.15, 0.2) is 89.9 Å². The van der Waals surface area contributed by atoms with E-state index in [4.69, 9.17) is 5.73 Å². The van der Waals surface area contributed by atoms with Gasteiger partial charge in [0.2, 0.25) is 5.91 Å². The van der Waals surface area contributed by atoms with E-state index in [1.54, 1.807) is 4.90 Å². The van der Waals surface area contributed by atoms with Crippen molar-refractivity contribution in [1.82, 2.24) is 0 Å². The SMILES string of the molecule is Br.CC(C)N(C(=O)CN1C(=O)[C@@H](N)N=C(c2ccccc2)c2ccccc21)c1ccccc1. The lowest BCUT2D eigenvalue weighted by Gasteiger charge is -2.31. The maximum atomic E-state index is 13.4. The zero-order valence-electron chi connectivity index (χ0n) is 18.6. The van der Waals surface area contributed by atoms with Crippen LogP contribution in [0, 0.1) is 0 Å². The molecule has 6 nitrogen and oxygen atoms in total. The Morgan fingerprint density at radius 3 is 2.18 bits per heavy atom. The molecule has 0 bridgehead atoms. The maximum Gasteiger partial charge on any atom is 0.266 e. The van der Waals surface area contributed by atoms with Crippen LogP contribution in [0.4, 0.5) is 11.4 Å². The number of hydrogen-bond donors (Lipinski definition) is 1. The quantitative estimate of drug-likeness (QED) is 0.563. The molecule has 170 valence electrons. The third-order valence-corrected chi connectivity index (χ3v) is 5.40. The van der Waals surface area contributed by atoms with Gasteiger partial charge >= 0.3 is 0 Å². The van der Waals surface area contributed by atoms with Crippen LogP contribution >= 0.6 is 17.0 Å². The zero-order valence-corrected chi connectivity index (χ0v) is 20.3. The van der Waals surface area contributed by atoms with Gasteiger partial charge in [-0.05, 0) is 32.0 Å². The Kier molecular flexibility index (Phi) is 7.79. The smallest absolute Gasteiger partial charge is 0.266 e. The van der Waals surface area contributed by atoms with E-state index < -0.39 is 12.1 Å². The van der Waals surface area contributed by atoms with E-state index in [-0.39, 0.29) is 35.5 Å². The highest BCUT2D eigenvalue weighted by molar-refractivity contribution is 8.93. The average Bonchev–Trinajstić information content (AvgIpc) is 2.91. The third kappa shape index (κ3) is 5.05. The van der Waals surface area contributed by atoms with Crippen LogP contribution in [0.3, 0.4) is 0 Å². The fourth-order valence-corrected chi connectivity index (χ4v) is 3.97. The number of rotatable bonds is 5. The number of aliphatic imine (C=N–C) groups is 1. The molecule has 2 amide bonds. The number of para-hydroxylation sites is 2. The van der Waals surface area contributed by atoms with Crippen molar-refractivity contribution in [3.8, 4) is 0 Å². The molecule has 1 aliphatic rings. The first-order valence-corrected chi connectivity index (χ1v) is 10.6. The molecular weight excluding hydrogens is 480 g/mol. The molecule has 0 saturated heterocycles. The van der Waals surface area contributed by atoms with Gasteiger partial charge in [0.25, 0.3) is 5.91 Å². The van der Waals surface area contributed by atoms with Gasteiger partial charge in [0, 0.05) is 22.9 Å². The van der Waals surface area contributed by atoms with Crippen LogP contribution in [0.5, 0.6) is 0 Å². The Bertz CT molecular complexity index is 1150. The second-order valence-corrected chi connectivity index (χ2v) is 7.92. The number of hydrogen-bond acceptors (Lipinski definition) is 4. The van der Waals surface area contributed by atoms with E-state index in [0.717, 1.165) is 16.8 Å². The normalized spacial score (nSPS) is 15.3. The fraction of sp³-hybridized carbons (Fsp3) is 0.192. The van der Waals surface area contributed by atoms with Crippen LogP contribution in [-0.2, 0) is 9.59 Å². The Morgan fingerprint density at radius 1 is 0.970 bits per heavy atom. The first-order chi connectivity index (χ1) is 15.5. The third-order valence-electron chi connectivity index (χ3n) is 5.40. The number of amides is 2. The van der Waals surface area contributed by atoms with E-state index in [9.17, 15) is 9.59 Å². The number of benzene rings is 3. The summed E-state index contributed by atoms with van der Waals surface area (Å²) in [6.07, 6.45) is -1.10. The molecular formula is C26H27BrN4O2. The minimum Gasteiger partial charge on any atom is -0.308 e. The molecule has 0 aliphatic carbocycles. The number of anilines is 2. The Hall–Kier alpha value is -3.29. The lowest BCUT2D eigenvalue weighted by atomic mass is 10.0. The van der Waals surface area contributed by atoms with E-state index in [2.05, 4.69) is 4.99 Å². The van der Waals surface area contributed by atoms with Crippen LogP contribution in [0.25, 0.3) is 0 Å². The summed E-state index contributed by atoms with van der Waals surface area (Å²) in [5, 5.41) is 0. The summed E-state index contributed by atoms with van der Waals surface area (Å²) in [5.41, 5.74) is 9.88. The maximum absolute atomic E-state index is 13.4. The second-order valence-electron chi connectivity index (χ2n) is 7.92. The van der Waals surface area contributed by atoms with Crippen molar-refractivity contribution in [2.24, 2.45) is 10.7 Å². The predicted molar refractivity (Wildman–Crippen MR) is 138 cm³/mol. The zero-order chi connectivity index (χ0) is 22.7. The molecule has 33 heavy (non-hydrogen) atoms. The lowest BCUT2D eigenvalue weighted by molar-refractivity contribution is -0.123. The highest BCUT2D eigenvalue weighted by Crippen LogP contribution is 2.28. The van der Waals surface area contributed by atoms with Gasteiger partial charge in [0.1, 0.15) is 6.54 Å². The van der Waals surface area contributed by atoms with E-state index in [1.165, 1.54) is 4.90 Å². The fourth-order valence-electron chi connectivity index (χ4n) is 3.97. The van der Waals surface area contributed by atoms with Gasteiger partial charge in [-0.15, -0.1) is 17.0 Å². The number of fused-ring (bicyclic) bond motifs is 1. The van der Waals surface area contributed by atoms with Crippen molar-refractivity contribution in [3.63, 3.8) is 0 Å². The Labute approximate surface area is 204 Å². The monoisotopic (exact) mass is 506 g/mol. The summed E-state index contributed by atoms with van der Waals surface area (Å²) < 4.78 is 0. The minimum absolute atomic E-state index is 0. The summed E-state index contributed by atoms with van der Waals surface area (Å²) in [4.78, 5) is 34.4. The molecule has 3 aromatic rings. The molecule has 0 unspecified atom stereocenters.